The number of aromatic nitrogens is 1. The SMILES string of the molecule is C=C(C)[C@@H]1CC[C@]2(NCCC3(O)CCS(=C)(=O)CC3)CC[C@]3(C)[C@H](CC[C@@H]4[C@@]5(C)CC=C(C6=CCC(COc7ccccn7)(C(=O)O)CC6)C(C)(C)[C@@H]5CC[C@]43C)[C@@H]12. The van der Waals surface area contributed by atoms with Crippen molar-refractivity contribution in [3.63, 3.8) is 0 Å². The second-order valence-electron chi connectivity index (χ2n) is 22.1. The Bertz CT molecular complexity index is 1940. The van der Waals surface area contributed by atoms with E-state index < -0.39 is 26.5 Å². The number of hydrogen-bond acceptors (Lipinski definition) is 6. The molecule has 6 aliphatic carbocycles. The molecule has 0 bridgehead atoms. The van der Waals surface area contributed by atoms with Gasteiger partial charge in [-0.25, -0.2) is 4.98 Å². The van der Waals surface area contributed by atoms with Crippen LogP contribution in [0.25, 0.3) is 0 Å². The van der Waals surface area contributed by atoms with Crippen molar-refractivity contribution in [2.24, 2.45) is 56.7 Å². The fourth-order valence-corrected chi connectivity index (χ4v) is 17.3. The third-order valence-corrected chi connectivity index (χ3v) is 21.0. The molecule has 4 saturated carbocycles. The van der Waals surface area contributed by atoms with Crippen LogP contribution in [0.3, 0.4) is 0 Å². The maximum atomic E-state index is 12.7. The molecule has 58 heavy (non-hydrogen) atoms. The van der Waals surface area contributed by atoms with Gasteiger partial charge in [-0.2, -0.15) is 0 Å². The van der Waals surface area contributed by atoms with Crippen molar-refractivity contribution in [3.8, 4) is 5.88 Å². The van der Waals surface area contributed by atoms with Gasteiger partial charge < -0.3 is 20.3 Å². The monoisotopic (exact) mass is 815 g/mol. The smallest absolute Gasteiger partial charge is 0.313 e. The number of ether oxygens (including phenoxy) is 1. The van der Waals surface area contributed by atoms with E-state index in [0.29, 0.717) is 72.7 Å². The summed E-state index contributed by atoms with van der Waals surface area (Å²) < 4.78 is 18.5. The second kappa shape index (κ2) is 14.6. The van der Waals surface area contributed by atoms with Crippen molar-refractivity contribution in [2.45, 2.75) is 149 Å². The van der Waals surface area contributed by atoms with E-state index in [2.05, 4.69) is 76.4 Å². The lowest BCUT2D eigenvalue weighted by atomic mass is 9.33. The summed E-state index contributed by atoms with van der Waals surface area (Å²) >= 11 is 0. The van der Waals surface area contributed by atoms with Crippen LogP contribution in [0.4, 0.5) is 0 Å². The predicted octanol–water partition coefficient (Wildman–Crippen LogP) is 9.81. The van der Waals surface area contributed by atoms with E-state index in [-0.39, 0.29) is 33.8 Å². The summed E-state index contributed by atoms with van der Waals surface area (Å²) in [5, 5.41) is 26.1. The lowest BCUT2D eigenvalue weighted by Gasteiger charge is -2.72. The Morgan fingerprint density at radius 3 is 2.34 bits per heavy atom. The van der Waals surface area contributed by atoms with Crippen molar-refractivity contribution in [3.05, 3.63) is 59.8 Å². The molecule has 1 aromatic heterocycles. The van der Waals surface area contributed by atoms with Crippen LogP contribution in [0.5, 0.6) is 5.88 Å². The molecule has 0 spiro atoms. The Hall–Kier alpha value is -2.42. The number of nitrogens with zero attached hydrogens (tertiary/aromatic N) is 1. The van der Waals surface area contributed by atoms with Crippen LogP contribution in [0.15, 0.2) is 59.8 Å². The van der Waals surface area contributed by atoms with Gasteiger partial charge in [0.15, 0.2) is 0 Å². The van der Waals surface area contributed by atoms with Crippen LogP contribution in [0.2, 0.25) is 0 Å². The van der Waals surface area contributed by atoms with Gasteiger partial charge in [0.05, 0.1) is 5.60 Å². The third-order valence-electron chi connectivity index (χ3n) is 19.1. The topological polar surface area (TPSA) is 109 Å². The van der Waals surface area contributed by atoms with Gasteiger partial charge in [0, 0.05) is 29.3 Å². The van der Waals surface area contributed by atoms with E-state index in [1.165, 1.54) is 68.1 Å². The van der Waals surface area contributed by atoms with E-state index in [0.717, 1.165) is 25.8 Å². The van der Waals surface area contributed by atoms with Crippen molar-refractivity contribution in [1.29, 1.82) is 0 Å². The molecule has 0 radical (unpaired) electrons. The summed E-state index contributed by atoms with van der Waals surface area (Å²) in [6, 6.07) is 5.49. The fraction of sp³-hybridized carbons (Fsp3) is 0.740. The molecule has 1 aromatic rings. The summed E-state index contributed by atoms with van der Waals surface area (Å²) in [5.41, 5.74) is 3.26. The molecule has 0 aromatic carbocycles. The molecule has 1 aliphatic heterocycles. The van der Waals surface area contributed by atoms with Gasteiger partial charge in [-0.1, -0.05) is 65.0 Å². The Morgan fingerprint density at radius 2 is 1.69 bits per heavy atom. The molecule has 7 aliphatic rings. The first-order valence-electron chi connectivity index (χ1n) is 22.9. The minimum absolute atomic E-state index is 0.000275. The Labute approximate surface area is 350 Å². The van der Waals surface area contributed by atoms with E-state index in [9.17, 15) is 19.2 Å². The number of aliphatic hydroxyl groups is 1. The first kappa shape index (κ1) is 42.3. The summed E-state index contributed by atoms with van der Waals surface area (Å²) in [4.78, 5) is 17.0. The van der Waals surface area contributed by atoms with Gasteiger partial charge in [-0.15, -0.1) is 0 Å². The quantitative estimate of drug-likeness (QED) is 0.160. The highest BCUT2D eigenvalue weighted by Crippen LogP contribution is 2.76. The molecular weight excluding hydrogens is 741 g/mol. The largest absolute Gasteiger partial charge is 0.481 e. The number of carboxylic acids is 1. The number of carbonyl (C=O) groups is 1. The second-order valence-corrected chi connectivity index (χ2v) is 24.9. The highest BCUT2D eigenvalue weighted by Gasteiger charge is 2.70. The summed E-state index contributed by atoms with van der Waals surface area (Å²) in [5.74, 6) is 7.66. The number of rotatable bonds is 10. The van der Waals surface area contributed by atoms with Gasteiger partial charge in [0.25, 0.3) is 0 Å². The zero-order valence-electron chi connectivity index (χ0n) is 36.7. The van der Waals surface area contributed by atoms with E-state index in [1.807, 2.05) is 12.1 Å². The molecule has 8 heteroatoms. The zero-order chi connectivity index (χ0) is 41.6. The molecule has 8 rings (SSSR count). The minimum Gasteiger partial charge on any atom is -0.481 e. The standard InChI is InChI=1S/C50H74N2O5S/c1-34(2)36-16-23-50(52-30-26-49(55)27-31-58(8,56)32-28-49)25-24-46(6)38(42(36)50)12-13-40-45(5)19-17-37(44(3,4)39(45)18-20-47(40,46)7)35-14-21-48(22-15-35,43(53)54)33-57-41-11-9-10-29-51-41/h9-11,14,17,29,36,38-40,42,52,55H,1,8,12-13,15-16,18-28,30-33H2,2-7H3,(H,53,54)/t36-,38+,39-,40+,42+,45-,46+,47+,48?,49?,50-,58?/m0/s1. The average molecular weight is 815 g/mol. The number of nitrogens with one attached hydrogen (secondary N) is 1. The highest BCUT2D eigenvalue weighted by molar-refractivity contribution is 8.00. The van der Waals surface area contributed by atoms with Crippen molar-refractivity contribution in [1.82, 2.24) is 10.3 Å². The number of pyridine rings is 1. The molecule has 1 unspecified atom stereocenters. The number of allylic oxidation sites excluding steroid dienone is 5. The molecule has 1 saturated heterocycles. The predicted molar refractivity (Wildman–Crippen MR) is 236 cm³/mol. The molecular formula is C50H74N2O5S. The van der Waals surface area contributed by atoms with Gasteiger partial charge >= 0.3 is 5.97 Å². The fourth-order valence-electron chi connectivity index (χ4n) is 15.6. The zero-order valence-corrected chi connectivity index (χ0v) is 37.5. The van der Waals surface area contributed by atoms with Crippen LogP contribution in [-0.2, 0) is 14.3 Å². The summed E-state index contributed by atoms with van der Waals surface area (Å²) in [7, 11) is -2.03. The van der Waals surface area contributed by atoms with Gasteiger partial charge in [0.2, 0.25) is 5.88 Å². The van der Waals surface area contributed by atoms with E-state index >= 15 is 0 Å². The summed E-state index contributed by atoms with van der Waals surface area (Å²) in [6.07, 6.45) is 21.2. The normalized spacial score (nSPS) is 45.7. The van der Waals surface area contributed by atoms with E-state index in [4.69, 9.17) is 4.74 Å². The molecule has 2 heterocycles. The molecule has 10 atom stereocenters. The van der Waals surface area contributed by atoms with Crippen LogP contribution >= 0.6 is 0 Å². The van der Waals surface area contributed by atoms with Gasteiger partial charge in [-0.3, -0.25) is 9.00 Å². The lowest BCUT2D eigenvalue weighted by Crippen LogP contribution is -2.68. The lowest BCUT2D eigenvalue weighted by molar-refractivity contribution is -0.221. The van der Waals surface area contributed by atoms with Gasteiger partial charge in [-0.05, 0) is 194 Å². The maximum Gasteiger partial charge on any atom is 0.313 e. The Balaban J connectivity index is 1.01. The number of fused-ring (bicyclic) bond motifs is 7. The number of carboxylic acid groups (broad SMARTS) is 1. The van der Waals surface area contributed by atoms with Crippen LogP contribution < -0.4 is 10.1 Å². The van der Waals surface area contributed by atoms with Crippen LogP contribution in [0, 0.1) is 56.7 Å². The molecule has 7 nitrogen and oxygen atoms in total. The van der Waals surface area contributed by atoms with Crippen molar-refractivity contribution in [2.75, 3.05) is 24.7 Å². The maximum absolute atomic E-state index is 12.7. The van der Waals surface area contributed by atoms with Crippen molar-refractivity contribution >= 4 is 21.4 Å². The number of aliphatic carboxylic acids is 1. The van der Waals surface area contributed by atoms with Gasteiger partial charge in [0.1, 0.15) is 12.0 Å². The molecule has 320 valence electrons. The third kappa shape index (κ3) is 6.71. The summed E-state index contributed by atoms with van der Waals surface area (Å²) in [6.45, 7) is 20.9. The highest BCUT2D eigenvalue weighted by atomic mass is 32.2. The van der Waals surface area contributed by atoms with Crippen LogP contribution in [0.1, 0.15) is 138 Å². The van der Waals surface area contributed by atoms with Crippen molar-refractivity contribution < 1.29 is 24.0 Å². The average Bonchev–Trinajstić information content (AvgIpc) is 3.56. The Morgan fingerprint density at radius 1 is 0.931 bits per heavy atom. The Kier molecular flexibility index (Phi) is 10.6. The van der Waals surface area contributed by atoms with E-state index in [1.54, 1.807) is 12.3 Å². The molecule has 5 fully saturated rings. The molecule has 3 N–H and O–H groups in total. The number of hydrogen-bond donors (Lipinski definition) is 3. The molecule has 0 amide bonds. The first-order valence-corrected chi connectivity index (χ1v) is 24.9. The minimum atomic E-state index is -2.03. The van der Waals surface area contributed by atoms with Crippen LogP contribution in [-0.4, -0.2) is 67.0 Å². The first-order chi connectivity index (χ1) is 27.2.